The minimum absolute atomic E-state index is 0.925. The summed E-state index contributed by atoms with van der Waals surface area (Å²) in [5.74, 6) is 0.925. The molecule has 6 aromatic rings. The number of hydrogen-bond acceptors (Lipinski definition) is 1. The topological polar surface area (TPSA) is 17.8 Å². The zero-order chi connectivity index (χ0) is 25.2. The molecule has 0 aliphatic rings. The van der Waals surface area contributed by atoms with Crippen LogP contribution in [-0.4, -0.2) is 9.55 Å². The van der Waals surface area contributed by atoms with Crippen LogP contribution in [0.15, 0.2) is 134 Å². The van der Waals surface area contributed by atoms with Crippen molar-refractivity contribution in [2.75, 3.05) is 0 Å². The first-order chi connectivity index (χ1) is 18.2. The third-order valence-corrected chi connectivity index (χ3v) is 6.75. The molecule has 2 heteroatoms. The van der Waals surface area contributed by atoms with E-state index in [9.17, 15) is 0 Å². The number of rotatable bonds is 5. The fourth-order valence-corrected chi connectivity index (χ4v) is 5.16. The standard InChI is InChI=1S/C35H28N2/c1-25-20-26(2)22-30(21-25)31-23-32(27-12-6-3-7-13-27)34(33(24-31)28-14-8-4-9-15-28)37-19-18-36-35(37)29-16-10-5-11-17-29/h3-24H,1-2H3. The highest BCUT2D eigenvalue weighted by Gasteiger charge is 2.20. The van der Waals surface area contributed by atoms with Crippen LogP contribution >= 0.6 is 0 Å². The van der Waals surface area contributed by atoms with Gasteiger partial charge in [0, 0.05) is 29.1 Å². The molecule has 6 rings (SSSR count). The highest BCUT2D eigenvalue weighted by Crippen LogP contribution is 2.41. The molecule has 0 bridgehead atoms. The molecule has 0 radical (unpaired) electrons. The molecule has 178 valence electrons. The van der Waals surface area contributed by atoms with Gasteiger partial charge < -0.3 is 0 Å². The molecule has 5 aromatic carbocycles. The third-order valence-electron chi connectivity index (χ3n) is 6.75. The molecule has 0 saturated carbocycles. The second-order valence-corrected chi connectivity index (χ2v) is 9.52. The molecule has 0 spiro atoms. The Labute approximate surface area is 218 Å². The lowest BCUT2D eigenvalue weighted by Crippen LogP contribution is -2.03. The average Bonchev–Trinajstić information content (AvgIpc) is 3.43. The van der Waals surface area contributed by atoms with E-state index in [2.05, 4.69) is 140 Å². The predicted molar refractivity (Wildman–Crippen MR) is 155 cm³/mol. The number of aryl methyl sites for hydroxylation is 2. The smallest absolute Gasteiger partial charge is 0.144 e. The summed E-state index contributed by atoms with van der Waals surface area (Å²) >= 11 is 0. The van der Waals surface area contributed by atoms with Crippen LogP contribution in [0.5, 0.6) is 0 Å². The Balaban J connectivity index is 1.71. The third kappa shape index (κ3) is 4.50. The van der Waals surface area contributed by atoms with Crippen molar-refractivity contribution in [2.24, 2.45) is 0 Å². The van der Waals surface area contributed by atoms with Gasteiger partial charge in [0.15, 0.2) is 0 Å². The first kappa shape index (κ1) is 22.8. The summed E-state index contributed by atoms with van der Waals surface area (Å²) in [6.07, 6.45) is 3.97. The van der Waals surface area contributed by atoms with E-state index in [4.69, 9.17) is 4.98 Å². The molecule has 0 N–H and O–H groups in total. The maximum Gasteiger partial charge on any atom is 0.144 e. The van der Waals surface area contributed by atoms with Crippen molar-refractivity contribution in [3.8, 4) is 50.5 Å². The van der Waals surface area contributed by atoms with E-state index < -0.39 is 0 Å². The Morgan fingerprint density at radius 3 is 1.46 bits per heavy atom. The van der Waals surface area contributed by atoms with Crippen molar-refractivity contribution in [1.29, 1.82) is 0 Å². The molecule has 0 unspecified atom stereocenters. The van der Waals surface area contributed by atoms with Crippen LogP contribution in [0.4, 0.5) is 0 Å². The first-order valence-corrected chi connectivity index (χ1v) is 12.6. The van der Waals surface area contributed by atoms with Gasteiger partial charge >= 0.3 is 0 Å². The van der Waals surface area contributed by atoms with E-state index in [1.54, 1.807) is 0 Å². The fourth-order valence-electron chi connectivity index (χ4n) is 5.16. The molecule has 0 atom stereocenters. The molecule has 2 nitrogen and oxygen atoms in total. The van der Waals surface area contributed by atoms with Crippen LogP contribution in [0.3, 0.4) is 0 Å². The normalized spacial score (nSPS) is 11.0. The van der Waals surface area contributed by atoms with Gasteiger partial charge in [-0.2, -0.15) is 0 Å². The maximum absolute atomic E-state index is 4.80. The zero-order valence-electron chi connectivity index (χ0n) is 21.1. The Morgan fingerprint density at radius 2 is 0.946 bits per heavy atom. The van der Waals surface area contributed by atoms with E-state index in [-0.39, 0.29) is 0 Å². The minimum Gasteiger partial charge on any atom is -0.299 e. The Morgan fingerprint density at radius 1 is 0.486 bits per heavy atom. The number of hydrogen-bond donors (Lipinski definition) is 0. The van der Waals surface area contributed by atoms with Crippen molar-refractivity contribution < 1.29 is 0 Å². The lowest BCUT2D eigenvalue weighted by Gasteiger charge is -2.21. The maximum atomic E-state index is 4.80. The summed E-state index contributed by atoms with van der Waals surface area (Å²) in [5.41, 5.74) is 11.9. The van der Waals surface area contributed by atoms with Crippen molar-refractivity contribution in [3.05, 3.63) is 145 Å². The lowest BCUT2D eigenvalue weighted by molar-refractivity contribution is 1.07. The summed E-state index contributed by atoms with van der Waals surface area (Å²) in [6, 6.07) is 43.2. The summed E-state index contributed by atoms with van der Waals surface area (Å²) in [7, 11) is 0. The van der Waals surface area contributed by atoms with Gasteiger partial charge in [0.2, 0.25) is 0 Å². The molecule has 0 amide bonds. The number of nitrogens with zero attached hydrogens (tertiary/aromatic N) is 2. The molecule has 0 aliphatic carbocycles. The number of imidazole rings is 1. The molecule has 1 aromatic heterocycles. The highest BCUT2D eigenvalue weighted by atomic mass is 15.1. The van der Waals surface area contributed by atoms with E-state index >= 15 is 0 Å². The largest absolute Gasteiger partial charge is 0.299 e. The fraction of sp³-hybridized carbons (Fsp3) is 0.0571. The quantitative estimate of drug-likeness (QED) is 0.242. The van der Waals surface area contributed by atoms with Gasteiger partial charge in [-0.15, -0.1) is 0 Å². The van der Waals surface area contributed by atoms with Crippen LogP contribution in [0, 0.1) is 13.8 Å². The molecular formula is C35H28N2. The summed E-state index contributed by atoms with van der Waals surface area (Å²) in [6.45, 7) is 4.33. The van der Waals surface area contributed by atoms with E-state index in [1.165, 1.54) is 44.5 Å². The Hall–Kier alpha value is -4.69. The molecule has 37 heavy (non-hydrogen) atoms. The monoisotopic (exact) mass is 476 g/mol. The number of benzene rings is 5. The van der Waals surface area contributed by atoms with Gasteiger partial charge in [0.1, 0.15) is 5.82 Å². The lowest BCUT2D eigenvalue weighted by atomic mass is 9.90. The zero-order valence-corrected chi connectivity index (χ0v) is 21.1. The Kier molecular flexibility index (Phi) is 6.00. The second-order valence-electron chi connectivity index (χ2n) is 9.52. The Bertz CT molecular complexity index is 1580. The van der Waals surface area contributed by atoms with Crippen LogP contribution < -0.4 is 0 Å². The van der Waals surface area contributed by atoms with E-state index in [0.717, 1.165) is 17.1 Å². The van der Waals surface area contributed by atoms with Gasteiger partial charge in [0.25, 0.3) is 0 Å². The van der Waals surface area contributed by atoms with Gasteiger partial charge in [-0.05, 0) is 48.2 Å². The van der Waals surface area contributed by atoms with Crippen LogP contribution in [-0.2, 0) is 0 Å². The van der Waals surface area contributed by atoms with Crippen molar-refractivity contribution >= 4 is 0 Å². The first-order valence-electron chi connectivity index (χ1n) is 12.6. The van der Waals surface area contributed by atoms with Gasteiger partial charge in [-0.1, -0.05) is 120 Å². The second kappa shape index (κ2) is 9.75. The minimum atomic E-state index is 0.925. The van der Waals surface area contributed by atoms with Crippen LogP contribution in [0.2, 0.25) is 0 Å². The van der Waals surface area contributed by atoms with Crippen molar-refractivity contribution in [2.45, 2.75) is 13.8 Å². The highest BCUT2D eigenvalue weighted by molar-refractivity contribution is 5.91. The molecule has 0 aliphatic heterocycles. The number of aromatic nitrogens is 2. The molecular weight excluding hydrogens is 448 g/mol. The SMILES string of the molecule is Cc1cc(C)cc(-c2cc(-c3ccccc3)c(-n3ccnc3-c3ccccc3)c(-c3ccccc3)c2)c1. The molecule has 0 fully saturated rings. The van der Waals surface area contributed by atoms with Crippen molar-refractivity contribution in [3.63, 3.8) is 0 Å². The summed E-state index contributed by atoms with van der Waals surface area (Å²) in [5, 5.41) is 0. The van der Waals surface area contributed by atoms with Gasteiger partial charge in [-0.3, -0.25) is 4.57 Å². The van der Waals surface area contributed by atoms with E-state index in [1.807, 2.05) is 12.3 Å². The van der Waals surface area contributed by atoms with Gasteiger partial charge in [0.05, 0.1) is 5.69 Å². The average molecular weight is 477 g/mol. The van der Waals surface area contributed by atoms with Crippen LogP contribution in [0.1, 0.15) is 11.1 Å². The molecule has 1 heterocycles. The summed E-state index contributed by atoms with van der Waals surface area (Å²) in [4.78, 5) is 4.80. The predicted octanol–water partition coefficient (Wildman–Crippen LogP) is 9.16. The van der Waals surface area contributed by atoms with Gasteiger partial charge in [-0.25, -0.2) is 4.98 Å². The van der Waals surface area contributed by atoms with Crippen molar-refractivity contribution in [1.82, 2.24) is 9.55 Å². The molecule has 0 saturated heterocycles. The summed E-state index contributed by atoms with van der Waals surface area (Å²) < 4.78 is 2.24. The van der Waals surface area contributed by atoms with E-state index in [0.29, 0.717) is 0 Å². The van der Waals surface area contributed by atoms with Crippen LogP contribution in [0.25, 0.3) is 50.5 Å².